The maximum absolute atomic E-state index is 12.4. The quantitative estimate of drug-likeness (QED) is 0.673. The van der Waals surface area contributed by atoms with Gasteiger partial charge in [0.25, 0.3) is 5.91 Å². The van der Waals surface area contributed by atoms with E-state index in [1.807, 2.05) is 37.3 Å². The summed E-state index contributed by atoms with van der Waals surface area (Å²) >= 11 is 5.86. The van der Waals surface area contributed by atoms with Crippen molar-refractivity contribution >= 4 is 23.2 Å². The van der Waals surface area contributed by atoms with Crippen molar-refractivity contribution in [2.24, 2.45) is 5.84 Å². The first-order valence-electron chi connectivity index (χ1n) is 6.58. The Morgan fingerprint density at radius 1 is 1.24 bits per heavy atom. The Morgan fingerprint density at radius 3 is 2.48 bits per heavy atom. The average molecular weight is 304 g/mol. The van der Waals surface area contributed by atoms with Crippen LogP contribution in [0.2, 0.25) is 5.02 Å². The van der Waals surface area contributed by atoms with E-state index < -0.39 is 0 Å². The van der Waals surface area contributed by atoms with Crippen molar-refractivity contribution in [3.63, 3.8) is 0 Å². The number of hydrogen-bond donors (Lipinski definition) is 2. The van der Waals surface area contributed by atoms with E-state index >= 15 is 0 Å². The van der Waals surface area contributed by atoms with Crippen LogP contribution in [-0.4, -0.2) is 17.9 Å². The number of nitrogens with one attached hydrogen (secondary N) is 1. The van der Waals surface area contributed by atoms with Crippen LogP contribution in [0.5, 0.6) is 0 Å². The number of nitrogens with two attached hydrogens (primary N) is 1. The van der Waals surface area contributed by atoms with Crippen molar-refractivity contribution in [3.8, 4) is 0 Å². The van der Waals surface area contributed by atoms with Gasteiger partial charge in [-0.1, -0.05) is 23.7 Å². The highest BCUT2D eigenvalue weighted by molar-refractivity contribution is 6.30. The highest BCUT2D eigenvalue weighted by Gasteiger charge is 2.13. The van der Waals surface area contributed by atoms with Crippen LogP contribution in [0.15, 0.2) is 42.5 Å². The summed E-state index contributed by atoms with van der Waals surface area (Å²) in [5.74, 6) is 5.36. The lowest BCUT2D eigenvalue weighted by Gasteiger charge is -2.18. The molecule has 0 unspecified atom stereocenters. The van der Waals surface area contributed by atoms with Crippen molar-refractivity contribution in [2.45, 2.75) is 13.5 Å². The second-order valence-electron chi connectivity index (χ2n) is 4.96. The number of hydrogen-bond acceptors (Lipinski definition) is 3. The van der Waals surface area contributed by atoms with Gasteiger partial charge in [0.2, 0.25) is 0 Å². The Balaban J connectivity index is 2.11. The van der Waals surface area contributed by atoms with Gasteiger partial charge in [0.05, 0.1) is 5.69 Å². The van der Waals surface area contributed by atoms with Gasteiger partial charge in [0.1, 0.15) is 0 Å². The first kappa shape index (κ1) is 15.4. The highest BCUT2D eigenvalue weighted by atomic mass is 35.5. The second-order valence-corrected chi connectivity index (χ2v) is 5.40. The third-order valence-corrected chi connectivity index (χ3v) is 3.56. The van der Waals surface area contributed by atoms with Crippen LogP contribution < -0.4 is 11.3 Å². The molecule has 4 nitrogen and oxygen atoms in total. The lowest BCUT2D eigenvalue weighted by atomic mass is 10.1. The maximum Gasteiger partial charge on any atom is 0.253 e. The van der Waals surface area contributed by atoms with E-state index in [9.17, 15) is 4.79 Å². The zero-order valence-electron chi connectivity index (χ0n) is 12.1. The highest BCUT2D eigenvalue weighted by Crippen LogP contribution is 2.17. The Morgan fingerprint density at radius 2 is 1.90 bits per heavy atom. The Bertz CT molecular complexity index is 640. The minimum absolute atomic E-state index is 0.0309. The van der Waals surface area contributed by atoms with Gasteiger partial charge in [-0.25, -0.2) is 0 Å². The molecule has 0 aliphatic carbocycles. The Hall–Kier alpha value is -2.04. The predicted octanol–water partition coefficient (Wildman–Crippen LogP) is 3.21. The molecule has 2 rings (SSSR count). The number of carbonyl (C=O) groups excluding carboxylic acids is 1. The molecule has 0 aromatic heterocycles. The number of benzene rings is 2. The standard InChI is InChI=1S/C16H18ClN3O/c1-11-9-13(5-8-15(11)19-18)16(21)20(2)10-12-3-6-14(17)7-4-12/h3-9,19H,10,18H2,1-2H3. The molecule has 0 heterocycles. The van der Waals surface area contributed by atoms with Crippen molar-refractivity contribution in [1.29, 1.82) is 0 Å². The zero-order chi connectivity index (χ0) is 15.4. The van der Waals surface area contributed by atoms with Gasteiger partial charge >= 0.3 is 0 Å². The summed E-state index contributed by atoms with van der Waals surface area (Å²) in [6.07, 6.45) is 0. The van der Waals surface area contributed by atoms with E-state index in [2.05, 4.69) is 5.43 Å². The summed E-state index contributed by atoms with van der Waals surface area (Å²) in [7, 11) is 1.78. The van der Waals surface area contributed by atoms with Gasteiger partial charge in [0.15, 0.2) is 0 Å². The minimum atomic E-state index is -0.0309. The lowest BCUT2D eigenvalue weighted by molar-refractivity contribution is 0.0785. The second kappa shape index (κ2) is 6.61. The van der Waals surface area contributed by atoms with Crippen LogP contribution in [0, 0.1) is 6.92 Å². The molecule has 0 saturated heterocycles. The predicted molar refractivity (Wildman–Crippen MR) is 86.2 cm³/mol. The molecular weight excluding hydrogens is 286 g/mol. The van der Waals surface area contributed by atoms with Crippen molar-refractivity contribution in [1.82, 2.24) is 4.90 Å². The fourth-order valence-corrected chi connectivity index (χ4v) is 2.24. The number of nitrogens with zero attached hydrogens (tertiary/aromatic N) is 1. The number of rotatable bonds is 4. The summed E-state index contributed by atoms with van der Waals surface area (Å²) in [4.78, 5) is 14.1. The first-order valence-corrected chi connectivity index (χ1v) is 6.96. The van der Waals surface area contributed by atoms with Crippen molar-refractivity contribution in [2.75, 3.05) is 12.5 Å². The third-order valence-electron chi connectivity index (χ3n) is 3.31. The molecule has 2 aromatic carbocycles. The molecule has 0 radical (unpaired) electrons. The van der Waals surface area contributed by atoms with Crippen molar-refractivity contribution in [3.05, 3.63) is 64.2 Å². The first-order chi connectivity index (χ1) is 10.0. The molecule has 0 aliphatic rings. The maximum atomic E-state index is 12.4. The van der Waals surface area contributed by atoms with Gasteiger partial charge in [-0.15, -0.1) is 0 Å². The smallest absolute Gasteiger partial charge is 0.253 e. The Labute approximate surface area is 129 Å². The van der Waals surface area contributed by atoms with E-state index in [0.717, 1.165) is 16.8 Å². The van der Waals surface area contributed by atoms with E-state index in [1.54, 1.807) is 24.1 Å². The van der Waals surface area contributed by atoms with Gasteiger partial charge in [-0.2, -0.15) is 0 Å². The van der Waals surface area contributed by atoms with Crippen molar-refractivity contribution < 1.29 is 4.79 Å². The third kappa shape index (κ3) is 3.74. The molecule has 1 amide bonds. The molecule has 3 N–H and O–H groups in total. The number of anilines is 1. The number of carbonyl (C=O) groups is 1. The normalized spacial score (nSPS) is 10.3. The molecule has 110 valence electrons. The molecule has 0 spiro atoms. The number of halogens is 1. The summed E-state index contributed by atoms with van der Waals surface area (Å²) in [5.41, 5.74) is 6.02. The van der Waals surface area contributed by atoms with E-state index in [-0.39, 0.29) is 5.91 Å². The minimum Gasteiger partial charge on any atom is -0.337 e. The van der Waals surface area contributed by atoms with Gasteiger partial charge in [-0.3, -0.25) is 10.6 Å². The van der Waals surface area contributed by atoms with Crippen LogP contribution in [-0.2, 0) is 6.54 Å². The molecule has 0 aliphatic heterocycles. The fraction of sp³-hybridized carbons (Fsp3) is 0.188. The number of amides is 1. The molecule has 0 bridgehead atoms. The summed E-state index contributed by atoms with van der Waals surface area (Å²) in [6, 6.07) is 12.9. The molecule has 0 atom stereocenters. The molecule has 5 heteroatoms. The van der Waals surface area contributed by atoms with E-state index in [0.29, 0.717) is 17.1 Å². The summed E-state index contributed by atoms with van der Waals surface area (Å²) in [6.45, 7) is 2.44. The Kier molecular flexibility index (Phi) is 4.83. The van der Waals surface area contributed by atoms with Crippen LogP contribution in [0.1, 0.15) is 21.5 Å². The number of nitrogen functional groups attached to an aromatic ring is 1. The molecule has 2 aromatic rings. The van der Waals surface area contributed by atoms with Crippen LogP contribution in [0.3, 0.4) is 0 Å². The van der Waals surface area contributed by atoms with E-state index in [1.165, 1.54) is 0 Å². The lowest BCUT2D eigenvalue weighted by Crippen LogP contribution is -2.26. The molecular formula is C16H18ClN3O. The monoisotopic (exact) mass is 303 g/mol. The van der Waals surface area contributed by atoms with Gasteiger partial charge < -0.3 is 10.3 Å². The molecule has 21 heavy (non-hydrogen) atoms. The fourth-order valence-electron chi connectivity index (χ4n) is 2.11. The number of hydrazine groups is 1. The van der Waals surface area contributed by atoms with Crippen LogP contribution in [0.4, 0.5) is 5.69 Å². The van der Waals surface area contributed by atoms with E-state index in [4.69, 9.17) is 17.4 Å². The SMILES string of the molecule is Cc1cc(C(=O)N(C)Cc2ccc(Cl)cc2)ccc1NN. The summed E-state index contributed by atoms with van der Waals surface area (Å²) in [5, 5.41) is 0.688. The average Bonchev–Trinajstić information content (AvgIpc) is 2.48. The topological polar surface area (TPSA) is 58.4 Å². The molecule has 0 fully saturated rings. The zero-order valence-corrected chi connectivity index (χ0v) is 12.8. The van der Waals surface area contributed by atoms with Gasteiger partial charge in [-0.05, 0) is 48.4 Å². The van der Waals surface area contributed by atoms with Crippen LogP contribution >= 0.6 is 11.6 Å². The van der Waals surface area contributed by atoms with Crippen LogP contribution in [0.25, 0.3) is 0 Å². The largest absolute Gasteiger partial charge is 0.337 e. The summed E-state index contributed by atoms with van der Waals surface area (Å²) < 4.78 is 0. The van der Waals surface area contributed by atoms with Gasteiger partial charge in [0, 0.05) is 24.2 Å². The molecule has 0 saturated carbocycles. The number of aryl methyl sites for hydroxylation is 1.